The van der Waals surface area contributed by atoms with Gasteiger partial charge in [-0.1, -0.05) is 30.3 Å². The van der Waals surface area contributed by atoms with Gasteiger partial charge in [-0.25, -0.2) is 0 Å². The minimum absolute atomic E-state index is 0.00101. The highest BCUT2D eigenvalue weighted by Gasteiger charge is 2.25. The Kier molecular flexibility index (Phi) is 3.06. The number of phenolic OH excluding ortho intramolecular Hbond substituents is 2. The van der Waals surface area contributed by atoms with Crippen molar-refractivity contribution in [2.75, 3.05) is 0 Å². The van der Waals surface area contributed by atoms with Gasteiger partial charge >= 0.3 is 0 Å². The molecule has 0 radical (unpaired) electrons. The van der Waals surface area contributed by atoms with Crippen molar-refractivity contribution in [1.29, 1.82) is 0 Å². The number of aromatic hydroxyl groups is 2. The topological polar surface area (TPSA) is 69.6 Å². The molecule has 4 heteroatoms. The lowest BCUT2D eigenvalue weighted by Crippen LogP contribution is -2.35. The van der Waals surface area contributed by atoms with Crippen LogP contribution >= 0.6 is 0 Å². The third-order valence-corrected chi connectivity index (χ3v) is 3.63. The lowest BCUT2D eigenvalue weighted by Gasteiger charge is -2.13. The Balaban J connectivity index is 1.76. The van der Waals surface area contributed by atoms with E-state index in [-0.39, 0.29) is 23.1 Å². The number of rotatable bonds is 2. The molecule has 0 aromatic heterocycles. The highest BCUT2D eigenvalue weighted by Crippen LogP contribution is 2.27. The molecule has 0 unspecified atom stereocenters. The minimum atomic E-state index is -0.446. The van der Waals surface area contributed by atoms with Crippen molar-refractivity contribution in [2.24, 2.45) is 0 Å². The van der Waals surface area contributed by atoms with Gasteiger partial charge in [0.05, 0.1) is 0 Å². The molecule has 0 atom stereocenters. The molecular formula is C16H15NO3. The normalized spacial score (nSPS) is 14.0. The first-order chi connectivity index (χ1) is 9.65. The molecule has 0 spiro atoms. The van der Waals surface area contributed by atoms with Crippen LogP contribution in [0.2, 0.25) is 0 Å². The number of fused-ring (bicyclic) bond motifs is 1. The monoisotopic (exact) mass is 269 g/mol. The Bertz CT molecular complexity index is 621. The Morgan fingerprint density at radius 1 is 0.950 bits per heavy atom. The fourth-order valence-corrected chi connectivity index (χ4v) is 2.68. The summed E-state index contributed by atoms with van der Waals surface area (Å²) in [6.07, 6.45) is 1.55. The molecule has 1 amide bonds. The van der Waals surface area contributed by atoms with E-state index in [2.05, 4.69) is 17.4 Å². The van der Waals surface area contributed by atoms with Gasteiger partial charge in [-0.2, -0.15) is 0 Å². The summed E-state index contributed by atoms with van der Waals surface area (Å²) in [4.78, 5) is 12.2. The van der Waals surface area contributed by atoms with Crippen molar-refractivity contribution in [3.63, 3.8) is 0 Å². The quantitative estimate of drug-likeness (QED) is 0.781. The molecular weight excluding hydrogens is 254 g/mol. The van der Waals surface area contributed by atoms with Gasteiger partial charge in [0.1, 0.15) is 17.1 Å². The van der Waals surface area contributed by atoms with Gasteiger partial charge in [0, 0.05) is 6.04 Å². The Labute approximate surface area is 116 Å². The summed E-state index contributed by atoms with van der Waals surface area (Å²) in [6, 6.07) is 12.3. The van der Waals surface area contributed by atoms with E-state index in [0.717, 1.165) is 12.8 Å². The fourth-order valence-electron chi connectivity index (χ4n) is 2.68. The average Bonchev–Trinajstić information content (AvgIpc) is 2.80. The van der Waals surface area contributed by atoms with E-state index in [1.807, 2.05) is 12.1 Å². The Hall–Kier alpha value is -2.49. The van der Waals surface area contributed by atoms with E-state index in [1.165, 1.54) is 29.3 Å². The molecule has 2 aromatic carbocycles. The lowest BCUT2D eigenvalue weighted by atomic mass is 10.1. The first-order valence-corrected chi connectivity index (χ1v) is 6.53. The van der Waals surface area contributed by atoms with Gasteiger partial charge in [-0.05, 0) is 36.1 Å². The second-order valence-electron chi connectivity index (χ2n) is 5.02. The summed E-state index contributed by atoms with van der Waals surface area (Å²) in [5.74, 6) is -0.866. The number of carbonyl (C=O) groups is 1. The maximum Gasteiger partial charge on any atom is 0.259 e. The average molecular weight is 269 g/mol. The van der Waals surface area contributed by atoms with Crippen molar-refractivity contribution in [3.8, 4) is 11.5 Å². The van der Waals surface area contributed by atoms with Gasteiger partial charge in [-0.3, -0.25) is 4.79 Å². The zero-order chi connectivity index (χ0) is 14.1. The zero-order valence-electron chi connectivity index (χ0n) is 10.8. The van der Waals surface area contributed by atoms with Crippen LogP contribution in [0, 0.1) is 0 Å². The smallest absolute Gasteiger partial charge is 0.259 e. The van der Waals surface area contributed by atoms with Crippen molar-refractivity contribution in [3.05, 3.63) is 59.2 Å². The number of carbonyl (C=O) groups excluding carboxylic acids is 1. The fraction of sp³-hybridized carbons (Fsp3) is 0.188. The molecule has 0 fully saturated rings. The second kappa shape index (κ2) is 4.89. The number of amides is 1. The van der Waals surface area contributed by atoms with Crippen molar-refractivity contribution in [2.45, 2.75) is 18.9 Å². The Morgan fingerprint density at radius 3 is 2.05 bits per heavy atom. The van der Waals surface area contributed by atoms with Crippen LogP contribution in [0.15, 0.2) is 42.5 Å². The summed E-state index contributed by atoms with van der Waals surface area (Å²) in [5.41, 5.74) is 2.40. The number of nitrogens with one attached hydrogen (secondary N) is 1. The minimum Gasteiger partial charge on any atom is -0.507 e. The van der Waals surface area contributed by atoms with Crippen LogP contribution in [0.3, 0.4) is 0 Å². The van der Waals surface area contributed by atoms with E-state index >= 15 is 0 Å². The van der Waals surface area contributed by atoms with E-state index in [0.29, 0.717) is 0 Å². The van der Waals surface area contributed by atoms with Crippen LogP contribution in [0.1, 0.15) is 21.5 Å². The molecule has 1 aliphatic carbocycles. The van der Waals surface area contributed by atoms with E-state index in [4.69, 9.17) is 0 Å². The van der Waals surface area contributed by atoms with Gasteiger partial charge in [0.25, 0.3) is 5.91 Å². The van der Waals surface area contributed by atoms with Crippen LogP contribution in [0.4, 0.5) is 0 Å². The first kappa shape index (κ1) is 12.5. The third-order valence-electron chi connectivity index (χ3n) is 3.63. The number of phenols is 2. The molecule has 2 aromatic rings. The summed E-state index contributed by atoms with van der Waals surface area (Å²) in [6.45, 7) is 0. The maximum absolute atomic E-state index is 12.2. The van der Waals surface area contributed by atoms with Crippen LogP contribution in [-0.2, 0) is 12.8 Å². The molecule has 4 nitrogen and oxygen atoms in total. The predicted octanol–water partition coefficient (Wildman–Crippen LogP) is 2.00. The number of hydrogen-bond donors (Lipinski definition) is 3. The van der Waals surface area contributed by atoms with Crippen molar-refractivity contribution in [1.82, 2.24) is 5.32 Å². The molecule has 20 heavy (non-hydrogen) atoms. The van der Waals surface area contributed by atoms with E-state index in [9.17, 15) is 15.0 Å². The van der Waals surface area contributed by atoms with E-state index < -0.39 is 5.91 Å². The molecule has 0 aliphatic heterocycles. The first-order valence-electron chi connectivity index (χ1n) is 6.53. The molecule has 3 N–H and O–H groups in total. The standard InChI is InChI=1S/C16H15NO3/c18-13-6-3-7-14(19)15(13)16(20)17-12-8-10-4-1-2-5-11(10)9-12/h1-7,12,18-19H,8-9H2,(H,17,20). The highest BCUT2D eigenvalue weighted by molar-refractivity contribution is 5.99. The van der Waals surface area contributed by atoms with Crippen LogP contribution in [0.5, 0.6) is 11.5 Å². The molecule has 0 saturated heterocycles. The van der Waals surface area contributed by atoms with Crippen LogP contribution < -0.4 is 5.32 Å². The van der Waals surface area contributed by atoms with Gasteiger partial charge in [0.15, 0.2) is 0 Å². The SMILES string of the molecule is O=C(NC1Cc2ccccc2C1)c1c(O)cccc1O. The summed E-state index contributed by atoms with van der Waals surface area (Å²) >= 11 is 0. The number of benzene rings is 2. The van der Waals surface area contributed by atoms with E-state index in [1.54, 1.807) is 0 Å². The molecule has 0 heterocycles. The molecule has 0 saturated carbocycles. The summed E-state index contributed by atoms with van der Waals surface area (Å²) < 4.78 is 0. The maximum atomic E-state index is 12.2. The van der Waals surface area contributed by atoms with Crippen molar-refractivity contribution < 1.29 is 15.0 Å². The second-order valence-corrected chi connectivity index (χ2v) is 5.02. The number of hydrogen-bond acceptors (Lipinski definition) is 3. The lowest BCUT2D eigenvalue weighted by molar-refractivity contribution is 0.0933. The molecule has 102 valence electrons. The molecule has 0 bridgehead atoms. The molecule has 1 aliphatic rings. The van der Waals surface area contributed by atoms with Gasteiger partial charge in [-0.15, -0.1) is 0 Å². The van der Waals surface area contributed by atoms with Gasteiger partial charge in [0.2, 0.25) is 0 Å². The summed E-state index contributed by atoms with van der Waals surface area (Å²) in [7, 11) is 0. The largest absolute Gasteiger partial charge is 0.507 e. The van der Waals surface area contributed by atoms with Crippen molar-refractivity contribution >= 4 is 5.91 Å². The van der Waals surface area contributed by atoms with Crippen LogP contribution in [-0.4, -0.2) is 22.2 Å². The zero-order valence-corrected chi connectivity index (χ0v) is 10.8. The Morgan fingerprint density at radius 2 is 1.50 bits per heavy atom. The summed E-state index contributed by atoms with van der Waals surface area (Å²) in [5, 5.41) is 22.2. The van der Waals surface area contributed by atoms with Crippen LogP contribution in [0.25, 0.3) is 0 Å². The predicted molar refractivity (Wildman–Crippen MR) is 74.9 cm³/mol. The van der Waals surface area contributed by atoms with Gasteiger partial charge < -0.3 is 15.5 Å². The third kappa shape index (κ3) is 2.20. The molecule has 3 rings (SSSR count). The highest BCUT2D eigenvalue weighted by atomic mass is 16.3.